The number of benzene rings is 2. The largest absolute Gasteiger partial charge is 0.482 e. The summed E-state index contributed by atoms with van der Waals surface area (Å²) in [5, 5.41) is 0.411. The first kappa shape index (κ1) is 18.4. The third-order valence-corrected chi connectivity index (χ3v) is 4.75. The van der Waals surface area contributed by atoms with Gasteiger partial charge in [-0.1, -0.05) is 11.6 Å². The Kier molecular flexibility index (Phi) is 5.25. The van der Waals surface area contributed by atoms with Gasteiger partial charge in [-0.2, -0.15) is 0 Å². The highest BCUT2D eigenvalue weighted by atomic mass is 35.5. The molecule has 0 saturated carbocycles. The first-order valence-corrected chi connectivity index (χ1v) is 9.25. The number of esters is 1. The Morgan fingerprint density at radius 1 is 1.18 bits per heavy atom. The molecule has 1 saturated heterocycles. The number of nitrogens with zero attached hydrogens (tertiary/aromatic N) is 1. The fourth-order valence-corrected chi connectivity index (χ4v) is 3.38. The zero-order valence-electron chi connectivity index (χ0n) is 15.0. The molecular formula is C20H18ClNO6. The maximum absolute atomic E-state index is 11.9. The van der Waals surface area contributed by atoms with Crippen LogP contribution in [0.5, 0.6) is 17.2 Å². The summed E-state index contributed by atoms with van der Waals surface area (Å²) in [5.74, 6) is 1.18. The minimum atomic E-state index is -0.507. The molecule has 0 spiro atoms. The van der Waals surface area contributed by atoms with Crippen molar-refractivity contribution < 1.29 is 28.5 Å². The summed E-state index contributed by atoms with van der Waals surface area (Å²) in [7, 11) is 0. The standard InChI is InChI=1S/C20H18ClNO6/c21-16-8-13(9-17-20(16)28-12-27-17)10-26-19(24)11-25-15-5-3-14(4-6-15)22-7-1-2-18(22)23/h3-6,8-9H,1-2,7,10-12H2. The van der Waals surface area contributed by atoms with Crippen molar-refractivity contribution >= 4 is 29.2 Å². The van der Waals surface area contributed by atoms with Crippen LogP contribution in [0.2, 0.25) is 5.02 Å². The predicted molar refractivity (Wildman–Crippen MR) is 101 cm³/mol. The van der Waals surface area contributed by atoms with Gasteiger partial charge in [0.15, 0.2) is 18.1 Å². The second-order valence-electron chi connectivity index (χ2n) is 6.40. The van der Waals surface area contributed by atoms with E-state index in [2.05, 4.69) is 0 Å². The third kappa shape index (κ3) is 3.99. The lowest BCUT2D eigenvalue weighted by Crippen LogP contribution is -2.23. The molecule has 2 aromatic carbocycles. The van der Waals surface area contributed by atoms with Crippen LogP contribution in [0, 0.1) is 0 Å². The quantitative estimate of drug-likeness (QED) is 0.689. The average Bonchev–Trinajstić information content (AvgIpc) is 3.34. The van der Waals surface area contributed by atoms with E-state index in [9.17, 15) is 9.59 Å². The molecule has 0 aromatic heterocycles. The molecule has 0 atom stereocenters. The summed E-state index contributed by atoms with van der Waals surface area (Å²) in [6, 6.07) is 10.5. The highest BCUT2D eigenvalue weighted by molar-refractivity contribution is 6.32. The van der Waals surface area contributed by atoms with Gasteiger partial charge in [-0.25, -0.2) is 4.79 Å². The van der Waals surface area contributed by atoms with Crippen LogP contribution in [0.1, 0.15) is 18.4 Å². The number of ether oxygens (including phenoxy) is 4. The van der Waals surface area contributed by atoms with Gasteiger partial charge in [0.1, 0.15) is 12.4 Å². The molecule has 0 N–H and O–H groups in total. The molecule has 2 heterocycles. The van der Waals surface area contributed by atoms with Crippen LogP contribution in [0.25, 0.3) is 0 Å². The van der Waals surface area contributed by atoms with Gasteiger partial charge in [0.25, 0.3) is 0 Å². The number of amides is 1. The van der Waals surface area contributed by atoms with Gasteiger partial charge in [-0.05, 0) is 48.4 Å². The van der Waals surface area contributed by atoms with E-state index in [0.717, 1.165) is 18.7 Å². The minimum absolute atomic E-state index is 0.0502. The Balaban J connectivity index is 1.27. The summed E-state index contributed by atoms with van der Waals surface area (Å²) < 4.78 is 21.2. The van der Waals surface area contributed by atoms with E-state index < -0.39 is 5.97 Å². The fourth-order valence-electron chi connectivity index (χ4n) is 3.10. The first-order valence-electron chi connectivity index (χ1n) is 8.87. The zero-order chi connectivity index (χ0) is 19.5. The number of fused-ring (bicyclic) bond motifs is 1. The Morgan fingerprint density at radius 2 is 2.00 bits per heavy atom. The van der Waals surface area contributed by atoms with Crippen molar-refractivity contribution in [3.05, 3.63) is 47.0 Å². The summed E-state index contributed by atoms with van der Waals surface area (Å²) in [6.07, 6.45) is 1.45. The lowest BCUT2D eigenvalue weighted by Gasteiger charge is -2.16. The number of carbonyl (C=O) groups excluding carboxylic acids is 2. The van der Waals surface area contributed by atoms with Crippen molar-refractivity contribution in [3.63, 3.8) is 0 Å². The summed E-state index contributed by atoms with van der Waals surface area (Å²) in [6.45, 7) is 0.681. The fraction of sp³-hybridized carbons (Fsp3) is 0.300. The van der Waals surface area contributed by atoms with E-state index in [1.807, 2.05) is 0 Å². The molecule has 2 aliphatic rings. The molecule has 1 fully saturated rings. The molecule has 28 heavy (non-hydrogen) atoms. The van der Waals surface area contributed by atoms with E-state index in [1.54, 1.807) is 41.3 Å². The van der Waals surface area contributed by atoms with Gasteiger partial charge < -0.3 is 23.8 Å². The SMILES string of the molecule is O=C(COc1ccc(N2CCCC2=O)cc1)OCc1cc(Cl)c2c(c1)OCO2. The maximum Gasteiger partial charge on any atom is 0.344 e. The van der Waals surface area contributed by atoms with Gasteiger partial charge in [0, 0.05) is 18.7 Å². The lowest BCUT2D eigenvalue weighted by molar-refractivity contribution is -0.147. The number of halogens is 1. The smallest absolute Gasteiger partial charge is 0.344 e. The van der Waals surface area contributed by atoms with Crippen LogP contribution in [0.4, 0.5) is 5.69 Å². The molecule has 0 radical (unpaired) electrons. The van der Waals surface area contributed by atoms with Crippen molar-refractivity contribution in [1.82, 2.24) is 0 Å². The number of carbonyl (C=O) groups is 2. The number of hydrogen-bond donors (Lipinski definition) is 0. The molecule has 4 rings (SSSR count). The van der Waals surface area contributed by atoms with Crippen molar-refractivity contribution in [1.29, 1.82) is 0 Å². The predicted octanol–water partition coefficient (Wildman–Crippen LogP) is 3.32. The van der Waals surface area contributed by atoms with Crippen molar-refractivity contribution in [2.75, 3.05) is 24.8 Å². The Hall–Kier alpha value is -2.93. The normalized spacial score (nSPS) is 15.0. The molecule has 1 amide bonds. The van der Waals surface area contributed by atoms with Gasteiger partial charge in [-0.3, -0.25) is 4.79 Å². The first-order chi connectivity index (χ1) is 13.6. The molecule has 2 aliphatic heterocycles. The molecule has 0 bridgehead atoms. The molecule has 2 aromatic rings. The van der Waals surface area contributed by atoms with Gasteiger partial charge in [0.2, 0.25) is 12.7 Å². The summed E-state index contributed by atoms with van der Waals surface area (Å²) >= 11 is 6.11. The second-order valence-corrected chi connectivity index (χ2v) is 6.81. The second kappa shape index (κ2) is 7.98. The maximum atomic E-state index is 11.9. The number of anilines is 1. The van der Waals surface area contributed by atoms with Crippen LogP contribution in [-0.4, -0.2) is 31.8 Å². The van der Waals surface area contributed by atoms with Crippen molar-refractivity contribution in [2.24, 2.45) is 0 Å². The average molecular weight is 404 g/mol. The zero-order valence-corrected chi connectivity index (χ0v) is 15.7. The monoisotopic (exact) mass is 403 g/mol. The molecule has 7 nitrogen and oxygen atoms in total. The summed E-state index contributed by atoms with van der Waals surface area (Å²) in [4.78, 5) is 25.4. The van der Waals surface area contributed by atoms with Crippen molar-refractivity contribution in [3.8, 4) is 17.2 Å². The van der Waals surface area contributed by atoms with E-state index in [-0.39, 0.29) is 25.9 Å². The van der Waals surface area contributed by atoms with Crippen molar-refractivity contribution in [2.45, 2.75) is 19.4 Å². The Labute approximate surface area is 166 Å². The van der Waals surface area contributed by atoms with Gasteiger partial charge in [0.05, 0.1) is 5.02 Å². The Morgan fingerprint density at radius 3 is 2.75 bits per heavy atom. The highest BCUT2D eigenvalue weighted by Crippen LogP contribution is 2.39. The van der Waals surface area contributed by atoms with Crippen LogP contribution in [-0.2, 0) is 20.9 Å². The van der Waals surface area contributed by atoms with Crippen LogP contribution < -0.4 is 19.1 Å². The van der Waals surface area contributed by atoms with Crippen LogP contribution >= 0.6 is 11.6 Å². The molecule has 146 valence electrons. The van der Waals surface area contributed by atoms with E-state index in [1.165, 1.54) is 0 Å². The molecule has 8 heteroatoms. The number of rotatable bonds is 6. The van der Waals surface area contributed by atoms with Crippen LogP contribution in [0.15, 0.2) is 36.4 Å². The topological polar surface area (TPSA) is 74.3 Å². The number of hydrogen-bond acceptors (Lipinski definition) is 6. The molecule has 0 unspecified atom stereocenters. The van der Waals surface area contributed by atoms with E-state index in [4.69, 9.17) is 30.5 Å². The van der Waals surface area contributed by atoms with E-state index in [0.29, 0.717) is 34.3 Å². The Bertz CT molecular complexity index is 898. The molecule has 0 aliphatic carbocycles. The van der Waals surface area contributed by atoms with Crippen LogP contribution in [0.3, 0.4) is 0 Å². The summed E-state index contributed by atoms with van der Waals surface area (Å²) in [5.41, 5.74) is 1.53. The minimum Gasteiger partial charge on any atom is -0.482 e. The molecular weight excluding hydrogens is 386 g/mol. The van der Waals surface area contributed by atoms with E-state index >= 15 is 0 Å². The highest BCUT2D eigenvalue weighted by Gasteiger charge is 2.21. The van der Waals surface area contributed by atoms with Gasteiger partial charge in [-0.15, -0.1) is 0 Å². The lowest BCUT2D eigenvalue weighted by atomic mass is 10.2. The third-order valence-electron chi connectivity index (χ3n) is 4.47. The van der Waals surface area contributed by atoms with Gasteiger partial charge >= 0.3 is 5.97 Å².